The highest BCUT2D eigenvalue weighted by molar-refractivity contribution is 6.04. The van der Waals surface area contributed by atoms with Gasteiger partial charge in [-0.3, -0.25) is 4.79 Å². The lowest BCUT2D eigenvalue weighted by Crippen LogP contribution is -2.12. The molecule has 3 nitrogen and oxygen atoms in total. The van der Waals surface area contributed by atoms with Gasteiger partial charge in [-0.1, -0.05) is 17.9 Å². The number of aliphatic hydroxyl groups excluding tert-OH is 1. The number of hydrogen-bond donors (Lipinski definition) is 2. The fourth-order valence-corrected chi connectivity index (χ4v) is 1.77. The minimum atomic E-state index is -0.386. The lowest BCUT2D eigenvalue weighted by Gasteiger charge is -2.07. The first-order valence-electron chi connectivity index (χ1n) is 6.37. The van der Waals surface area contributed by atoms with Crippen molar-refractivity contribution in [3.05, 3.63) is 65.0 Å². The molecule has 21 heavy (non-hydrogen) atoms. The zero-order valence-electron chi connectivity index (χ0n) is 11.5. The quantitative estimate of drug-likeness (QED) is 0.833. The molecule has 0 aromatic heterocycles. The third kappa shape index (κ3) is 3.91. The first-order chi connectivity index (χ1) is 10.1. The third-order valence-electron chi connectivity index (χ3n) is 2.90. The lowest BCUT2D eigenvalue weighted by molar-refractivity contribution is 0.102. The molecule has 0 aliphatic rings. The first-order valence-corrected chi connectivity index (χ1v) is 6.37. The normalized spacial score (nSPS) is 9.67. The summed E-state index contributed by atoms with van der Waals surface area (Å²) in [6, 6.07) is 10.7. The smallest absolute Gasteiger partial charge is 0.255 e. The summed E-state index contributed by atoms with van der Waals surface area (Å²) in [5.41, 5.74) is 2.66. The summed E-state index contributed by atoms with van der Waals surface area (Å²) in [7, 11) is 0. The maximum absolute atomic E-state index is 12.8. The van der Waals surface area contributed by atoms with E-state index >= 15 is 0 Å². The first kappa shape index (κ1) is 14.8. The van der Waals surface area contributed by atoms with Crippen LogP contribution in [0, 0.1) is 24.6 Å². The Labute approximate surface area is 122 Å². The van der Waals surface area contributed by atoms with Crippen LogP contribution in [0.5, 0.6) is 0 Å². The highest BCUT2D eigenvalue weighted by Gasteiger charge is 2.07. The van der Waals surface area contributed by atoms with Crippen molar-refractivity contribution in [2.75, 3.05) is 11.9 Å². The van der Waals surface area contributed by atoms with Gasteiger partial charge < -0.3 is 10.4 Å². The molecule has 106 valence electrons. The standard InChI is InChI=1S/C17H14FNO2/c1-12-4-9-16(11-14(12)3-2-10-20)19-17(21)13-5-7-15(18)8-6-13/h4-9,11,20H,10H2,1H3,(H,19,21). The van der Waals surface area contributed by atoms with E-state index in [1.54, 1.807) is 12.1 Å². The molecule has 4 heteroatoms. The van der Waals surface area contributed by atoms with Crippen molar-refractivity contribution in [3.63, 3.8) is 0 Å². The molecule has 2 N–H and O–H groups in total. The number of carbonyl (C=O) groups excluding carboxylic acids is 1. The van der Waals surface area contributed by atoms with Crippen LogP contribution in [0.4, 0.5) is 10.1 Å². The van der Waals surface area contributed by atoms with E-state index in [9.17, 15) is 9.18 Å². The van der Waals surface area contributed by atoms with Crippen LogP contribution >= 0.6 is 0 Å². The molecular weight excluding hydrogens is 269 g/mol. The molecular formula is C17H14FNO2. The van der Waals surface area contributed by atoms with Crippen LogP contribution in [0.2, 0.25) is 0 Å². The molecule has 1 amide bonds. The lowest BCUT2D eigenvalue weighted by atomic mass is 10.1. The van der Waals surface area contributed by atoms with E-state index in [1.807, 2.05) is 13.0 Å². The Hall–Kier alpha value is -2.64. The Morgan fingerprint density at radius 1 is 1.24 bits per heavy atom. The summed E-state index contributed by atoms with van der Waals surface area (Å²) in [6.07, 6.45) is 0. The monoisotopic (exact) mass is 283 g/mol. The summed E-state index contributed by atoms with van der Waals surface area (Å²) in [6.45, 7) is 1.68. The van der Waals surface area contributed by atoms with Gasteiger partial charge in [0.05, 0.1) is 0 Å². The van der Waals surface area contributed by atoms with Crippen LogP contribution in [0.15, 0.2) is 42.5 Å². The van der Waals surface area contributed by atoms with Gasteiger partial charge in [-0.2, -0.15) is 0 Å². The summed E-state index contributed by atoms with van der Waals surface area (Å²) in [4.78, 5) is 12.0. The molecule has 0 unspecified atom stereocenters. The molecule has 0 atom stereocenters. The number of anilines is 1. The Bertz CT molecular complexity index is 712. The van der Waals surface area contributed by atoms with Gasteiger partial charge in [-0.25, -0.2) is 4.39 Å². The van der Waals surface area contributed by atoms with E-state index in [0.29, 0.717) is 11.3 Å². The zero-order valence-corrected chi connectivity index (χ0v) is 11.5. The van der Waals surface area contributed by atoms with Gasteiger partial charge in [0.25, 0.3) is 5.91 Å². The van der Waals surface area contributed by atoms with Crippen LogP contribution < -0.4 is 5.32 Å². The molecule has 2 aromatic carbocycles. The number of nitrogens with one attached hydrogen (secondary N) is 1. The van der Waals surface area contributed by atoms with Gasteiger partial charge in [0.15, 0.2) is 0 Å². The predicted molar refractivity (Wildman–Crippen MR) is 79.5 cm³/mol. The SMILES string of the molecule is Cc1ccc(NC(=O)c2ccc(F)cc2)cc1C#CCO. The van der Waals surface area contributed by atoms with Gasteiger partial charge in [0, 0.05) is 16.8 Å². The summed E-state index contributed by atoms with van der Waals surface area (Å²) in [5.74, 6) is 4.69. The van der Waals surface area contributed by atoms with Crippen molar-refractivity contribution in [1.82, 2.24) is 0 Å². The second-order valence-electron chi connectivity index (χ2n) is 4.45. The van der Waals surface area contributed by atoms with Crippen molar-refractivity contribution in [3.8, 4) is 11.8 Å². The van der Waals surface area contributed by atoms with Crippen molar-refractivity contribution < 1.29 is 14.3 Å². The molecule has 0 fully saturated rings. The molecule has 0 spiro atoms. The van der Waals surface area contributed by atoms with Crippen molar-refractivity contribution >= 4 is 11.6 Å². The summed E-state index contributed by atoms with van der Waals surface area (Å²) < 4.78 is 12.8. The fourth-order valence-electron chi connectivity index (χ4n) is 1.77. The number of carbonyl (C=O) groups is 1. The van der Waals surface area contributed by atoms with E-state index in [2.05, 4.69) is 17.2 Å². The third-order valence-corrected chi connectivity index (χ3v) is 2.90. The number of halogens is 1. The zero-order chi connectivity index (χ0) is 15.2. The second kappa shape index (κ2) is 6.69. The van der Waals surface area contributed by atoms with Crippen molar-refractivity contribution in [1.29, 1.82) is 0 Å². The van der Waals surface area contributed by atoms with Gasteiger partial charge in [0.2, 0.25) is 0 Å². The fraction of sp³-hybridized carbons (Fsp3) is 0.118. The highest BCUT2D eigenvalue weighted by atomic mass is 19.1. The molecule has 2 aromatic rings. The van der Waals surface area contributed by atoms with Crippen LogP contribution in [0.3, 0.4) is 0 Å². The Morgan fingerprint density at radius 3 is 2.62 bits per heavy atom. The second-order valence-corrected chi connectivity index (χ2v) is 4.45. The van der Waals surface area contributed by atoms with Gasteiger partial charge >= 0.3 is 0 Å². The molecule has 0 radical (unpaired) electrons. The van der Waals surface area contributed by atoms with Gasteiger partial charge in [-0.15, -0.1) is 0 Å². The van der Waals surface area contributed by atoms with Crippen LogP contribution in [-0.4, -0.2) is 17.6 Å². The summed E-state index contributed by atoms with van der Waals surface area (Å²) >= 11 is 0. The maximum Gasteiger partial charge on any atom is 0.255 e. The minimum absolute atomic E-state index is 0.217. The van der Waals surface area contributed by atoms with E-state index in [0.717, 1.165) is 11.1 Å². The number of rotatable bonds is 2. The molecule has 0 aliphatic carbocycles. The van der Waals surface area contributed by atoms with Crippen molar-refractivity contribution in [2.45, 2.75) is 6.92 Å². The Balaban J connectivity index is 2.19. The number of benzene rings is 2. The molecule has 0 saturated heterocycles. The Kier molecular flexibility index (Phi) is 4.70. The van der Waals surface area contributed by atoms with E-state index in [1.165, 1.54) is 24.3 Å². The molecule has 0 bridgehead atoms. The van der Waals surface area contributed by atoms with Crippen molar-refractivity contribution in [2.24, 2.45) is 0 Å². The van der Waals surface area contributed by atoms with Crippen LogP contribution in [-0.2, 0) is 0 Å². The predicted octanol–water partition coefficient (Wildman–Crippen LogP) is 2.73. The van der Waals surface area contributed by atoms with Crippen LogP contribution in [0.1, 0.15) is 21.5 Å². The average Bonchev–Trinajstić information content (AvgIpc) is 2.48. The van der Waals surface area contributed by atoms with E-state index < -0.39 is 0 Å². The molecule has 0 aliphatic heterocycles. The largest absolute Gasteiger partial charge is 0.384 e. The number of hydrogen-bond acceptors (Lipinski definition) is 2. The highest BCUT2D eigenvalue weighted by Crippen LogP contribution is 2.15. The number of amides is 1. The summed E-state index contributed by atoms with van der Waals surface area (Å²) in [5, 5.41) is 11.5. The Morgan fingerprint density at radius 2 is 1.95 bits per heavy atom. The maximum atomic E-state index is 12.8. The van der Waals surface area contributed by atoms with Crippen LogP contribution in [0.25, 0.3) is 0 Å². The number of aliphatic hydroxyl groups is 1. The van der Waals surface area contributed by atoms with Gasteiger partial charge in [-0.05, 0) is 48.9 Å². The van der Waals surface area contributed by atoms with Gasteiger partial charge in [0.1, 0.15) is 12.4 Å². The molecule has 0 heterocycles. The molecule has 0 saturated carbocycles. The molecule has 2 rings (SSSR count). The number of aryl methyl sites for hydroxylation is 1. The van der Waals surface area contributed by atoms with E-state index in [-0.39, 0.29) is 18.3 Å². The topological polar surface area (TPSA) is 49.3 Å². The average molecular weight is 283 g/mol. The van der Waals surface area contributed by atoms with E-state index in [4.69, 9.17) is 5.11 Å². The minimum Gasteiger partial charge on any atom is -0.384 e.